The SMILES string of the molecule is C[C@H](C(=O)Nc1ccccc1Cl)n1nc(-c2ccccc2)cc(NC(=O)c2ccccc2)c1=O. The van der Waals surface area contributed by atoms with Crippen LogP contribution in [-0.4, -0.2) is 21.6 Å². The van der Waals surface area contributed by atoms with Crippen LogP contribution in [0.4, 0.5) is 11.4 Å². The van der Waals surface area contributed by atoms with Crippen molar-refractivity contribution in [3.05, 3.63) is 112 Å². The maximum absolute atomic E-state index is 13.3. The number of halogens is 1. The molecule has 0 aliphatic heterocycles. The molecule has 4 aromatic rings. The molecule has 0 bridgehead atoms. The summed E-state index contributed by atoms with van der Waals surface area (Å²) in [4.78, 5) is 39.0. The molecule has 0 saturated heterocycles. The minimum atomic E-state index is -0.986. The average Bonchev–Trinajstić information content (AvgIpc) is 2.87. The van der Waals surface area contributed by atoms with Crippen molar-refractivity contribution in [1.82, 2.24) is 9.78 Å². The van der Waals surface area contributed by atoms with Crippen molar-refractivity contribution in [3.63, 3.8) is 0 Å². The summed E-state index contributed by atoms with van der Waals surface area (Å²) in [7, 11) is 0. The fraction of sp³-hybridized carbons (Fsp3) is 0.0769. The van der Waals surface area contributed by atoms with E-state index in [1.54, 1.807) is 61.5 Å². The molecular formula is C26H21ClN4O3. The van der Waals surface area contributed by atoms with Gasteiger partial charge in [-0.15, -0.1) is 0 Å². The van der Waals surface area contributed by atoms with Gasteiger partial charge in [0.2, 0.25) is 5.91 Å². The number of rotatable bonds is 6. The molecule has 0 spiro atoms. The summed E-state index contributed by atoms with van der Waals surface area (Å²) in [5.74, 6) is -0.920. The highest BCUT2D eigenvalue weighted by atomic mass is 35.5. The molecule has 3 aromatic carbocycles. The van der Waals surface area contributed by atoms with E-state index in [9.17, 15) is 14.4 Å². The highest BCUT2D eigenvalue weighted by Gasteiger charge is 2.22. The van der Waals surface area contributed by atoms with Crippen LogP contribution in [0, 0.1) is 0 Å². The van der Waals surface area contributed by atoms with Gasteiger partial charge in [-0.1, -0.05) is 72.3 Å². The van der Waals surface area contributed by atoms with Crippen LogP contribution in [0.3, 0.4) is 0 Å². The molecule has 4 rings (SSSR count). The van der Waals surface area contributed by atoms with Crippen LogP contribution in [0.25, 0.3) is 11.3 Å². The van der Waals surface area contributed by atoms with Gasteiger partial charge in [-0.25, -0.2) is 4.68 Å². The Morgan fingerprint density at radius 2 is 1.47 bits per heavy atom. The lowest BCUT2D eigenvalue weighted by Crippen LogP contribution is -2.35. The molecule has 2 N–H and O–H groups in total. The number of aromatic nitrogens is 2. The van der Waals surface area contributed by atoms with Crippen molar-refractivity contribution in [2.75, 3.05) is 10.6 Å². The first kappa shape index (κ1) is 22.9. The van der Waals surface area contributed by atoms with Crippen molar-refractivity contribution in [3.8, 4) is 11.3 Å². The lowest BCUT2D eigenvalue weighted by Gasteiger charge is -2.17. The van der Waals surface area contributed by atoms with Gasteiger partial charge in [0.05, 0.1) is 16.4 Å². The summed E-state index contributed by atoms with van der Waals surface area (Å²) in [6.07, 6.45) is 0. The smallest absolute Gasteiger partial charge is 0.291 e. The molecule has 34 heavy (non-hydrogen) atoms. The van der Waals surface area contributed by atoms with Gasteiger partial charge in [0.15, 0.2) is 0 Å². The summed E-state index contributed by atoms with van der Waals surface area (Å²) < 4.78 is 1.06. The lowest BCUT2D eigenvalue weighted by molar-refractivity contribution is -0.119. The van der Waals surface area contributed by atoms with Gasteiger partial charge in [0, 0.05) is 11.1 Å². The van der Waals surface area contributed by atoms with Crippen LogP contribution < -0.4 is 16.2 Å². The maximum Gasteiger partial charge on any atom is 0.291 e. The second-order valence-corrected chi connectivity index (χ2v) is 7.93. The van der Waals surface area contributed by atoms with Crippen LogP contribution in [0.15, 0.2) is 95.8 Å². The monoisotopic (exact) mass is 472 g/mol. The number of carbonyl (C=O) groups is 2. The molecule has 0 radical (unpaired) electrons. The predicted molar refractivity (Wildman–Crippen MR) is 133 cm³/mol. The summed E-state index contributed by atoms with van der Waals surface area (Å²) in [6.45, 7) is 1.55. The zero-order chi connectivity index (χ0) is 24.1. The van der Waals surface area contributed by atoms with Gasteiger partial charge in [-0.3, -0.25) is 14.4 Å². The Bertz CT molecular complexity index is 1390. The number of carbonyl (C=O) groups excluding carboxylic acids is 2. The van der Waals surface area contributed by atoms with Crippen LogP contribution in [0.5, 0.6) is 0 Å². The molecule has 8 heteroatoms. The van der Waals surface area contributed by atoms with Gasteiger partial charge in [-0.2, -0.15) is 5.10 Å². The largest absolute Gasteiger partial charge is 0.323 e. The van der Waals surface area contributed by atoms with Gasteiger partial charge in [-0.05, 0) is 37.3 Å². The molecule has 170 valence electrons. The molecule has 0 aliphatic carbocycles. The second-order valence-electron chi connectivity index (χ2n) is 7.52. The molecule has 1 heterocycles. The van der Waals surface area contributed by atoms with Gasteiger partial charge in [0.25, 0.3) is 11.5 Å². The standard InChI is InChI=1S/C26H21ClN4O3/c1-17(24(32)28-21-15-9-8-14-20(21)27)31-26(34)23(29-25(33)19-12-6-3-7-13-19)16-22(30-31)18-10-4-2-5-11-18/h2-17H,1H3,(H,28,32)(H,29,33)/t17-/m1/s1. The zero-order valence-electron chi connectivity index (χ0n) is 18.2. The normalized spacial score (nSPS) is 11.5. The van der Waals surface area contributed by atoms with Gasteiger partial charge < -0.3 is 10.6 Å². The highest BCUT2D eigenvalue weighted by molar-refractivity contribution is 6.33. The molecule has 0 unspecified atom stereocenters. The van der Waals surface area contributed by atoms with Crippen molar-refractivity contribution < 1.29 is 9.59 Å². The van der Waals surface area contributed by atoms with E-state index in [0.29, 0.717) is 22.0 Å². The first-order valence-electron chi connectivity index (χ1n) is 10.5. The number of hydrogen-bond acceptors (Lipinski definition) is 4. The van der Waals surface area contributed by atoms with E-state index in [0.717, 1.165) is 10.2 Å². The Balaban J connectivity index is 1.73. The first-order chi connectivity index (χ1) is 16.4. The van der Waals surface area contributed by atoms with Crippen LogP contribution in [-0.2, 0) is 4.79 Å². The number of benzene rings is 3. The van der Waals surface area contributed by atoms with E-state index in [1.165, 1.54) is 6.07 Å². The van der Waals surface area contributed by atoms with Crippen LogP contribution >= 0.6 is 11.6 Å². The quantitative estimate of drug-likeness (QED) is 0.412. The van der Waals surface area contributed by atoms with Crippen LogP contribution in [0.1, 0.15) is 23.3 Å². The molecular weight excluding hydrogens is 452 g/mol. The number of nitrogens with zero attached hydrogens (tertiary/aromatic N) is 2. The Morgan fingerprint density at radius 1 is 0.853 bits per heavy atom. The highest BCUT2D eigenvalue weighted by Crippen LogP contribution is 2.23. The molecule has 0 fully saturated rings. The Labute approximate surface area is 201 Å². The van der Waals surface area contributed by atoms with Crippen molar-refractivity contribution in [2.24, 2.45) is 0 Å². The minimum Gasteiger partial charge on any atom is -0.323 e. The topological polar surface area (TPSA) is 93.1 Å². The third-order valence-corrected chi connectivity index (χ3v) is 5.50. The number of para-hydroxylation sites is 1. The van der Waals surface area contributed by atoms with Crippen molar-refractivity contribution in [2.45, 2.75) is 13.0 Å². The van der Waals surface area contributed by atoms with E-state index < -0.39 is 23.4 Å². The van der Waals surface area contributed by atoms with E-state index in [-0.39, 0.29) is 5.69 Å². The third-order valence-electron chi connectivity index (χ3n) is 5.17. The summed E-state index contributed by atoms with van der Waals surface area (Å²) in [6, 6.07) is 25.1. The van der Waals surface area contributed by atoms with E-state index in [2.05, 4.69) is 15.7 Å². The van der Waals surface area contributed by atoms with Crippen molar-refractivity contribution in [1.29, 1.82) is 0 Å². The Hall–Kier alpha value is -4.23. The average molecular weight is 473 g/mol. The maximum atomic E-state index is 13.3. The van der Waals surface area contributed by atoms with E-state index in [1.807, 2.05) is 30.3 Å². The first-order valence-corrected chi connectivity index (χ1v) is 10.9. The molecule has 0 aliphatic rings. The third kappa shape index (κ3) is 5.05. The fourth-order valence-electron chi connectivity index (χ4n) is 3.31. The Kier molecular flexibility index (Phi) is 6.85. The van der Waals surface area contributed by atoms with Crippen LogP contribution in [0.2, 0.25) is 5.02 Å². The summed E-state index contributed by atoms with van der Waals surface area (Å²) in [5, 5.41) is 10.2. The Morgan fingerprint density at radius 3 is 2.15 bits per heavy atom. The zero-order valence-corrected chi connectivity index (χ0v) is 19.0. The summed E-state index contributed by atoms with van der Waals surface area (Å²) in [5.41, 5.74) is 1.39. The second kappa shape index (κ2) is 10.1. The number of nitrogens with one attached hydrogen (secondary N) is 2. The summed E-state index contributed by atoms with van der Waals surface area (Å²) >= 11 is 6.15. The lowest BCUT2D eigenvalue weighted by atomic mass is 10.1. The number of amides is 2. The van der Waals surface area contributed by atoms with Crippen molar-refractivity contribution >= 4 is 34.8 Å². The molecule has 7 nitrogen and oxygen atoms in total. The van der Waals surface area contributed by atoms with E-state index in [4.69, 9.17) is 11.6 Å². The van der Waals surface area contributed by atoms with Gasteiger partial charge in [0.1, 0.15) is 11.7 Å². The minimum absolute atomic E-state index is 0.0140. The molecule has 0 saturated carbocycles. The fourth-order valence-corrected chi connectivity index (χ4v) is 3.49. The molecule has 2 amide bonds. The number of anilines is 2. The molecule has 1 aromatic heterocycles. The van der Waals surface area contributed by atoms with Gasteiger partial charge >= 0.3 is 0 Å². The predicted octanol–water partition coefficient (Wildman–Crippen LogP) is 5.02. The molecule has 1 atom stereocenters. The number of hydrogen-bond donors (Lipinski definition) is 2. The van der Waals surface area contributed by atoms with E-state index >= 15 is 0 Å².